The number of amides is 2. The summed E-state index contributed by atoms with van der Waals surface area (Å²) < 4.78 is 0. The number of rotatable bonds is 5. The molecule has 0 unspecified atom stereocenters. The van der Waals surface area contributed by atoms with Crippen LogP contribution in [0.2, 0.25) is 0 Å². The number of carboxylic acids is 1. The highest BCUT2D eigenvalue weighted by Crippen LogP contribution is 2.27. The first kappa shape index (κ1) is 10.8. The molecule has 1 saturated carbocycles. The zero-order valence-electron chi connectivity index (χ0n) is 7.69. The number of carbonyl (C=O) groups excluding carboxylic acids is 1. The van der Waals surface area contributed by atoms with E-state index in [2.05, 4.69) is 10.6 Å². The van der Waals surface area contributed by atoms with Gasteiger partial charge in [-0.3, -0.25) is 0 Å². The van der Waals surface area contributed by atoms with Crippen molar-refractivity contribution in [3.63, 3.8) is 0 Å². The van der Waals surface area contributed by atoms with E-state index >= 15 is 0 Å². The molecule has 1 aliphatic rings. The smallest absolute Gasteiger partial charge is 0.328 e. The van der Waals surface area contributed by atoms with Gasteiger partial charge in [-0.25, -0.2) is 9.59 Å². The van der Waals surface area contributed by atoms with E-state index in [1.54, 1.807) is 0 Å². The van der Waals surface area contributed by atoms with Crippen molar-refractivity contribution in [1.82, 2.24) is 10.6 Å². The minimum atomic E-state index is -1.24. The number of urea groups is 1. The average molecular weight is 202 g/mol. The Hall–Kier alpha value is -1.30. The molecule has 4 N–H and O–H groups in total. The SMILES string of the molecule is O=C(NCC1CC1)N[C@H](CO)C(=O)O. The first-order valence-electron chi connectivity index (χ1n) is 4.51. The highest BCUT2D eigenvalue weighted by molar-refractivity contribution is 5.82. The van der Waals surface area contributed by atoms with Gasteiger partial charge in [-0.05, 0) is 18.8 Å². The van der Waals surface area contributed by atoms with Crippen LogP contribution in [0.1, 0.15) is 12.8 Å². The molecule has 6 heteroatoms. The molecule has 1 atom stereocenters. The summed E-state index contributed by atoms with van der Waals surface area (Å²) in [7, 11) is 0. The topological polar surface area (TPSA) is 98.7 Å². The van der Waals surface area contributed by atoms with Crippen LogP contribution in [0.4, 0.5) is 4.79 Å². The van der Waals surface area contributed by atoms with Gasteiger partial charge in [-0.15, -0.1) is 0 Å². The summed E-state index contributed by atoms with van der Waals surface area (Å²) >= 11 is 0. The molecule has 80 valence electrons. The molecule has 0 aromatic carbocycles. The van der Waals surface area contributed by atoms with Crippen LogP contribution < -0.4 is 10.6 Å². The number of nitrogens with one attached hydrogen (secondary N) is 2. The van der Waals surface area contributed by atoms with E-state index in [0.717, 1.165) is 12.8 Å². The minimum Gasteiger partial charge on any atom is -0.480 e. The Balaban J connectivity index is 2.19. The molecule has 1 rings (SSSR count). The lowest BCUT2D eigenvalue weighted by Crippen LogP contribution is -2.48. The largest absolute Gasteiger partial charge is 0.480 e. The van der Waals surface area contributed by atoms with Gasteiger partial charge in [-0.1, -0.05) is 0 Å². The number of carboxylic acid groups (broad SMARTS) is 1. The van der Waals surface area contributed by atoms with Crippen molar-refractivity contribution in [2.45, 2.75) is 18.9 Å². The predicted molar refractivity (Wildman–Crippen MR) is 47.8 cm³/mol. The molecule has 14 heavy (non-hydrogen) atoms. The van der Waals surface area contributed by atoms with Crippen molar-refractivity contribution < 1.29 is 19.8 Å². The lowest BCUT2D eigenvalue weighted by molar-refractivity contribution is -0.140. The fourth-order valence-electron chi connectivity index (χ4n) is 0.954. The molecule has 0 radical (unpaired) electrons. The van der Waals surface area contributed by atoms with Crippen molar-refractivity contribution >= 4 is 12.0 Å². The second-order valence-electron chi connectivity index (χ2n) is 3.37. The summed E-state index contributed by atoms with van der Waals surface area (Å²) in [6, 6.07) is -1.77. The number of carbonyl (C=O) groups is 2. The van der Waals surface area contributed by atoms with Gasteiger partial charge >= 0.3 is 12.0 Å². The lowest BCUT2D eigenvalue weighted by atomic mass is 10.3. The van der Waals surface area contributed by atoms with E-state index in [9.17, 15) is 9.59 Å². The van der Waals surface area contributed by atoms with Crippen molar-refractivity contribution in [3.8, 4) is 0 Å². The molecule has 0 bridgehead atoms. The molecule has 6 nitrogen and oxygen atoms in total. The van der Waals surface area contributed by atoms with Crippen LogP contribution in [0.15, 0.2) is 0 Å². The van der Waals surface area contributed by atoms with Crippen molar-refractivity contribution in [1.29, 1.82) is 0 Å². The van der Waals surface area contributed by atoms with Crippen LogP contribution in [-0.2, 0) is 4.79 Å². The zero-order chi connectivity index (χ0) is 10.6. The molecule has 0 saturated heterocycles. The molecule has 0 spiro atoms. The fourth-order valence-corrected chi connectivity index (χ4v) is 0.954. The molecule has 0 aliphatic heterocycles. The van der Waals surface area contributed by atoms with E-state index < -0.39 is 24.6 Å². The number of aliphatic hydroxyl groups excluding tert-OH is 1. The maximum Gasteiger partial charge on any atom is 0.328 e. The molecular weight excluding hydrogens is 188 g/mol. The van der Waals surface area contributed by atoms with Gasteiger partial charge in [0, 0.05) is 6.54 Å². The normalized spacial score (nSPS) is 17.2. The Morgan fingerprint density at radius 1 is 1.43 bits per heavy atom. The second-order valence-corrected chi connectivity index (χ2v) is 3.37. The van der Waals surface area contributed by atoms with Gasteiger partial charge in [0.15, 0.2) is 6.04 Å². The lowest BCUT2D eigenvalue weighted by Gasteiger charge is -2.12. The van der Waals surface area contributed by atoms with E-state index in [0.29, 0.717) is 12.5 Å². The summed E-state index contributed by atoms with van der Waals surface area (Å²) in [5.41, 5.74) is 0. The van der Waals surface area contributed by atoms with Gasteiger partial charge in [0.1, 0.15) is 0 Å². The third-order valence-electron chi connectivity index (χ3n) is 2.03. The third-order valence-corrected chi connectivity index (χ3v) is 2.03. The summed E-state index contributed by atoms with van der Waals surface area (Å²) in [5.74, 6) is -0.702. The van der Waals surface area contributed by atoms with Gasteiger partial charge in [0.05, 0.1) is 6.61 Å². The highest BCUT2D eigenvalue weighted by atomic mass is 16.4. The summed E-state index contributed by atoms with van der Waals surface area (Å²) in [6.07, 6.45) is 2.23. The van der Waals surface area contributed by atoms with Gasteiger partial charge in [0.2, 0.25) is 0 Å². The molecule has 1 aliphatic carbocycles. The predicted octanol–water partition coefficient (Wildman–Crippen LogP) is -0.859. The summed E-state index contributed by atoms with van der Waals surface area (Å²) in [4.78, 5) is 21.5. The Morgan fingerprint density at radius 3 is 2.50 bits per heavy atom. The van der Waals surface area contributed by atoms with Crippen LogP contribution >= 0.6 is 0 Å². The number of hydrogen-bond acceptors (Lipinski definition) is 3. The van der Waals surface area contributed by atoms with Gasteiger partial charge in [-0.2, -0.15) is 0 Å². The molecular formula is C8H14N2O4. The van der Waals surface area contributed by atoms with E-state index in [1.165, 1.54) is 0 Å². The van der Waals surface area contributed by atoms with Crippen LogP contribution in [0.5, 0.6) is 0 Å². The van der Waals surface area contributed by atoms with E-state index in [4.69, 9.17) is 10.2 Å². The molecule has 1 fully saturated rings. The highest BCUT2D eigenvalue weighted by Gasteiger charge is 2.23. The van der Waals surface area contributed by atoms with Crippen LogP contribution in [0.25, 0.3) is 0 Å². The van der Waals surface area contributed by atoms with Gasteiger partial charge in [0.25, 0.3) is 0 Å². The van der Waals surface area contributed by atoms with Crippen molar-refractivity contribution in [2.24, 2.45) is 5.92 Å². The number of aliphatic hydroxyl groups is 1. The van der Waals surface area contributed by atoms with Crippen LogP contribution in [0, 0.1) is 5.92 Å². The van der Waals surface area contributed by atoms with Gasteiger partial charge < -0.3 is 20.8 Å². The standard InChI is InChI=1S/C8H14N2O4/c11-4-6(7(12)13)10-8(14)9-3-5-1-2-5/h5-6,11H,1-4H2,(H,12,13)(H2,9,10,14)/t6-/m1/s1. The second kappa shape index (κ2) is 4.80. The van der Waals surface area contributed by atoms with Crippen molar-refractivity contribution in [2.75, 3.05) is 13.2 Å². The quantitative estimate of drug-likeness (QED) is 0.466. The van der Waals surface area contributed by atoms with Crippen LogP contribution in [-0.4, -0.2) is 41.4 Å². The Bertz CT molecular complexity index is 227. The first-order chi connectivity index (χ1) is 6.63. The summed E-state index contributed by atoms with van der Waals surface area (Å²) in [5, 5.41) is 21.8. The van der Waals surface area contributed by atoms with E-state index in [-0.39, 0.29) is 0 Å². The van der Waals surface area contributed by atoms with Crippen molar-refractivity contribution in [3.05, 3.63) is 0 Å². The first-order valence-corrected chi connectivity index (χ1v) is 4.51. The fraction of sp³-hybridized carbons (Fsp3) is 0.750. The van der Waals surface area contributed by atoms with E-state index in [1.807, 2.05) is 0 Å². The molecule has 0 aromatic heterocycles. The monoisotopic (exact) mass is 202 g/mol. The van der Waals surface area contributed by atoms with Crippen LogP contribution in [0.3, 0.4) is 0 Å². The summed E-state index contributed by atoms with van der Waals surface area (Å²) in [6.45, 7) is -0.0320. The molecule has 0 aromatic rings. The molecule has 0 heterocycles. The Kier molecular flexibility index (Phi) is 3.70. The Labute approximate surface area is 81.3 Å². The number of aliphatic carboxylic acids is 1. The Morgan fingerprint density at radius 2 is 2.07 bits per heavy atom. The number of hydrogen-bond donors (Lipinski definition) is 4. The maximum absolute atomic E-state index is 11.1. The average Bonchev–Trinajstić information content (AvgIpc) is 2.93. The minimum absolute atomic E-state index is 0.540. The third kappa shape index (κ3) is 3.61. The maximum atomic E-state index is 11.1. The molecule has 2 amide bonds. The zero-order valence-corrected chi connectivity index (χ0v) is 7.69.